The summed E-state index contributed by atoms with van der Waals surface area (Å²) in [7, 11) is 1.33. The van der Waals surface area contributed by atoms with Crippen molar-refractivity contribution in [2.45, 2.75) is 64.5 Å². The van der Waals surface area contributed by atoms with Crippen LogP contribution in [0.2, 0.25) is 0 Å². The Hall–Kier alpha value is -2.09. The highest BCUT2D eigenvalue weighted by molar-refractivity contribution is 9.10. The first-order valence-electron chi connectivity index (χ1n) is 10.7. The predicted molar refractivity (Wildman–Crippen MR) is 121 cm³/mol. The van der Waals surface area contributed by atoms with Crippen molar-refractivity contribution in [3.8, 4) is 0 Å². The van der Waals surface area contributed by atoms with E-state index in [1.165, 1.54) is 7.11 Å². The minimum absolute atomic E-state index is 0.119. The Kier molecular flexibility index (Phi) is 9.34. The van der Waals surface area contributed by atoms with Crippen molar-refractivity contribution >= 4 is 33.9 Å². The molecule has 2 amide bonds. The van der Waals surface area contributed by atoms with Gasteiger partial charge in [-0.05, 0) is 70.1 Å². The number of rotatable bonds is 7. The normalized spacial score (nSPS) is 19.8. The number of alkyl carbamates (subject to hydrolysis) is 1. The molecule has 0 saturated heterocycles. The van der Waals surface area contributed by atoms with Crippen LogP contribution in [0, 0.1) is 11.8 Å². The molecule has 7 nitrogen and oxygen atoms in total. The van der Waals surface area contributed by atoms with Gasteiger partial charge in [-0.1, -0.05) is 28.1 Å². The zero-order valence-electron chi connectivity index (χ0n) is 18.7. The van der Waals surface area contributed by atoms with Crippen molar-refractivity contribution in [2.75, 3.05) is 13.7 Å². The lowest BCUT2D eigenvalue weighted by molar-refractivity contribution is -0.145. The predicted octanol–water partition coefficient (Wildman–Crippen LogP) is 3.98. The third kappa shape index (κ3) is 8.89. The molecule has 31 heavy (non-hydrogen) atoms. The number of hydrogen-bond acceptors (Lipinski definition) is 5. The summed E-state index contributed by atoms with van der Waals surface area (Å²) in [6.45, 7) is 6.02. The van der Waals surface area contributed by atoms with E-state index in [0.717, 1.165) is 35.7 Å². The van der Waals surface area contributed by atoms with Crippen LogP contribution in [0.15, 0.2) is 28.7 Å². The highest BCUT2D eigenvalue weighted by Crippen LogP contribution is 2.29. The van der Waals surface area contributed by atoms with Crippen molar-refractivity contribution < 1.29 is 23.9 Å². The number of hydrogen-bond donors (Lipinski definition) is 2. The monoisotopic (exact) mass is 496 g/mol. The molecule has 1 aliphatic rings. The molecule has 0 heterocycles. The van der Waals surface area contributed by atoms with Gasteiger partial charge < -0.3 is 20.1 Å². The van der Waals surface area contributed by atoms with Crippen LogP contribution in [-0.4, -0.2) is 43.3 Å². The molecule has 1 unspecified atom stereocenters. The minimum atomic E-state index is -0.717. The molecular weight excluding hydrogens is 464 g/mol. The second kappa shape index (κ2) is 11.5. The number of esters is 1. The second-order valence-corrected chi connectivity index (χ2v) is 9.93. The van der Waals surface area contributed by atoms with Crippen LogP contribution in [0.5, 0.6) is 0 Å². The molecule has 2 rings (SSSR count). The average Bonchev–Trinajstić information content (AvgIpc) is 2.71. The zero-order valence-corrected chi connectivity index (χ0v) is 20.3. The molecule has 0 bridgehead atoms. The maximum Gasteiger partial charge on any atom is 0.407 e. The molecule has 1 fully saturated rings. The fraction of sp³-hybridized carbons (Fsp3) is 0.609. The van der Waals surface area contributed by atoms with Gasteiger partial charge >= 0.3 is 12.1 Å². The lowest BCUT2D eigenvalue weighted by Crippen LogP contribution is -2.46. The van der Waals surface area contributed by atoms with Crippen LogP contribution in [0.1, 0.15) is 52.0 Å². The molecule has 0 radical (unpaired) electrons. The van der Waals surface area contributed by atoms with Crippen molar-refractivity contribution in [3.05, 3.63) is 34.3 Å². The summed E-state index contributed by atoms with van der Waals surface area (Å²) in [5.74, 6) is -0.400. The Morgan fingerprint density at radius 1 is 1.10 bits per heavy atom. The molecule has 1 aromatic carbocycles. The van der Waals surface area contributed by atoms with Crippen LogP contribution in [0.3, 0.4) is 0 Å². The van der Waals surface area contributed by atoms with E-state index in [-0.39, 0.29) is 11.8 Å². The van der Waals surface area contributed by atoms with Gasteiger partial charge in [-0.3, -0.25) is 4.79 Å². The highest BCUT2D eigenvalue weighted by atomic mass is 79.9. The van der Waals surface area contributed by atoms with Gasteiger partial charge in [0.25, 0.3) is 0 Å². The van der Waals surface area contributed by atoms with Crippen LogP contribution in [-0.2, 0) is 25.5 Å². The number of carbonyl (C=O) groups is 3. The van der Waals surface area contributed by atoms with Crippen LogP contribution < -0.4 is 10.6 Å². The third-order valence-electron chi connectivity index (χ3n) is 5.31. The van der Waals surface area contributed by atoms with E-state index in [9.17, 15) is 14.4 Å². The number of nitrogens with one attached hydrogen (secondary N) is 2. The number of amides is 2. The van der Waals surface area contributed by atoms with Gasteiger partial charge in [-0.25, -0.2) is 9.59 Å². The maximum absolute atomic E-state index is 12.8. The van der Waals surface area contributed by atoms with Gasteiger partial charge in [-0.2, -0.15) is 0 Å². The third-order valence-corrected chi connectivity index (χ3v) is 5.84. The summed E-state index contributed by atoms with van der Waals surface area (Å²) in [5.41, 5.74) is 0.419. The summed E-state index contributed by atoms with van der Waals surface area (Å²) in [5, 5.41) is 5.69. The van der Waals surface area contributed by atoms with E-state index in [1.54, 1.807) is 0 Å². The van der Waals surface area contributed by atoms with Gasteiger partial charge in [0.2, 0.25) is 5.91 Å². The SMILES string of the molecule is COC(=O)C(Cc1ccc(Br)cc1)NC(=O)[C@H]1CC[C@H](CNC(=O)OC(C)(C)C)CC1. The van der Waals surface area contributed by atoms with Crippen molar-refractivity contribution in [1.82, 2.24) is 10.6 Å². The number of carbonyl (C=O) groups excluding carboxylic acids is 3. The van der Waals surface area contributed by atoms with Crippen molar-refractivity contribution in [3.63, 3.8) is 0 Å². The van der Waals surface area contributed by atoms with E-state index in [2.05, 4.69) is 26.6 Å². The first kappa shape index (κ1) is 25.2. The van der Waals surface area contributed by atoms with Crippen LogP contribution in [0.25, 0.3) is 0 Å². The Balaban J connectivity index is 1.82. The lowest BCUT2D eigenvalue weighted by Gasteiger charge is -2.29. The molecule has 8 heteroatoms. The van der Waals surface area contributed by atoms with E-state index in [1.807, 2.05) is 45.0 Å². The summed E-state index contributed by atoms with van der Waals surface area (Å²) in [6.07, 6.45) is 3.08. The van der Waals surface area contributed by atoms with Crippen molar-refractivity contribution in [2.24, 2.45) is 11.8 Å². The van der Waals surface area contributed by atoms with Gasteiger partial charge in [0.15, 0.2) is 0 Å². The van der Waals surface area contributed by atoms with Crippen LogP contribution >= 0.6 is 15.9 Å². The topological polar surface area (TPSA) is 93.7 Å². The molecule has 1 atom stereocenters. The first-order chi connectivity index (χ1) is 14.6. The van der Waals surface area contributed by atoms with Gasteiger partial charge in [0.1, 0.15) is 11.6 Å². The maximum atomic E-state index is 12.8. The average molecular weight is 497 g/mol. The zero-order chi connectivity index (χ0) is 23.0. The van der Waals surface area contributed by atoms with Gasteiger partial charge in [0.05, 0.1) is 7.11 Å². The fourth-order valence-electron chi connectivity index (χ4n) is 3.65. The molecule has 1 saturated carbocycles. The smallest absolute Gasteiger partial charge is 0.407 e. The minimum Gasteiger partial charge on any atom is -0.467 e. The van der Waals surface area contributed by atoms with Gasteiger partial charge in [-0.15, -0.1) is 0 Å². The summed E-state index contributed by atoms with van der Waals surface area (Å²) >= 11 is 3.39. The largest absolute Gasteiger partial charge is 0.467 e. The molecule has 0 aliphatic heterocycles. The molecule has 1 aromatic rings. The Morgan fingerprint density at radius 2 is 1.71 bits per heavy atom. The Morgan fingerprint density at radius 3 is 2.26 bits per heavy atom. The standard InChI is InChI=1S/C23H33BrN2O5/c1-23(2,3)31-22(29)25-14-16-5-9-17(10-6-16)20(27)26-19(21(28)30-4)13-15-7-11-18(24)12-8-15/h7-8,11-12,16-17,19H,5-6,9-10,13-14H2,1-4H3,(H,25,29)(H,26,27)/t16-,17-,19?. The van der Waals surface area contributed by atoms with E-state index in [0.29, 0.717) is 18.9 Å². The fourth-order valence-corrected chi connectivity index (χ4v) is 3.92. The molecule has 0 spiro atoms. The number of halogens is 1. The molecule has 2 N–H and O–H groups in total. The molecule has 172 valence electrons. The number of benzene rings is 1. The lowest BCUT2D eigenvalue weighted by atomic mass is 9.81. The van der Waals surface area contributed by atoms with E-state index >= 15 is 0 Å². The summed E-state index contributed by atoms with van der Waals surface area (Å²) in [4.78, 5) is 36.8. The quantitative estimate of drug-likeness (QED) is 0.556. The van der Waals surface area contributed by atoms with E-state index in [4.69, 9.17) is 9.47 Å². The summed E-state index contributed by atoms with van der Waals surface area (Å²) < 4.78 is 11.1. The van der Waals surface area contributed by atoms with E-state index < -0.39 is 23.7 Å². The second-order valence-electron chi connectivity index (χ2n) is 9.02. The molecular formula is C23H33BrN2O5. The van der Waals surface area contributed by atoms with Gasteiger partial charge in [0, 0.05) is 23.4 Å². The molecule has 0 aromatic heterocycles. The van der Waals surface area contributed by atoms with Crippen molar-refractivity contribution in [1.29, 1.82) is 0 Å². The van der Waals surface area contributed by atoms with Crippen LogP contribution in [0.4, 0.5) is 4.79 Å². The summed E-state index contributed by atoms with van der Waals surface area (Å²) in [6, 6.07) is 6.91. The first-order valence-corrected chi connectivity index (χ1v) is 11.5. The highest BCUT2D eigenvalue weighted by Gasteiger charge is 2.30. The number of methoxy groups -OCH3 is 1. The Labute approximate surface area is 192 Å². The Bertz CT molecular complexity index is 752. The molecule has 1 aliphatic carbocycles. The number of ether oxygens (including phenoxy) is 2.